The second kappa shape index (κ2) is 6.17. The topological polar surface area (TPSA) is 27.7 Å². The van der Waals surface area contributed by atoms with Gasteiger partial charge in [0.1, 0.15) is 0 Å². The zero-order valence-electron chi connectivity index (χ0n) is 13.1. The molecule has 122 valence electrons. The Bertz CT molecular complexity index is 516. The normalized spacial score (nSPS) is 33.0. The molecule has 3 fully saturated rings. The van der Waals surface area contributed by atoms with Crippen LogP contribution in [-0.4, -0.2) is 24.6 Å². The first kappa shape index (κ1) is 16.9. The lowest BCUT2D eigenvalue weighted by molar-refractivity contribution is -0.488. The lowest BCUT2D eigenvalue weighted by Crippen LogP contribution is -2.59. The molecule has 4 rings (SSSR count). The first-order chi connectivity index (χ1) is 10.4. The summed E-state index contributed by atoms with van der Waals surface area (Å²) < 4.78 is 18.2. The largest absolute Gasteiger partial charge is 0.323 e. The third kappa shape index (κ3) is 3.03. The number of ether oxygens (including phenoxy) is 3. The van der Waals surface area contributed by atoms with Gasteiger partial charge in [-0.05, 0) is 11.0 Å². The van der Waals surface area contributed by atoms with E-state index in [4.69, 9.17) is 14.2 Å². The fourth-order valence-electron chi connectivity index (χ4n) is 3.13. The van der Waals surface area contributed by atoms with Crippen LogP contribution in [0.25, 0.3) is 0 Å². The standard InChI is InChI=1S/C17H22Br2O3/c1-16(2,3)15-12-9-20-17(22-15,21-10-12)13-6-4-11(5-7-13)14(19)8-18/h4-7,12,14-15H,8-10H2,1-3H3. The van der Waals surface area contributed by atoms with Crippen molar-refractivity contribution >= 4 is 31.9 Å². The smallest absolute Gasteiger partial charge is 0.312 e. The Hall–Kier alpha value is 0.0600. The summed E-state index contributed by atoms with van der Waals surface area (Å²) in [6.07, 6.45) is 0.140. The second-order valence-corrected chi connectivity index (χ2v) is 8.84. The summed E-state index contributed by atoms with van der Waals surface area (Å²) in [7, 11) is 0. The van der Waals surface area contributed by atoms with E-state index in [1.165, 1.54) is 5.56 Å². The van der Waals surface area contributed by atoms with Crippen molar-refractivity contribution in [3.8, 4) is 0 Å². The van der Waals surface area contributed by atoms with Crippen molar-refractivity contribution in [3.63, 3.8) is 0 Å². The maximum Gasteiger partial charge on any atom is 0.312 e. The van der Waals surface area contributed by atoms with E-state index in [1.54, 1.807) is 0 Å². The average molecular weight is 434 g/mol. The van der Waals surface area contributed by atoms with Crippen LogP contribution in [0.5, 0.6) is 0 Å². The zero-order chi connectivity index (χ0) is 16.0. The molecule has 22 heavy (non-hydrogen) atoms. The van der Waals surface area contributed by atoms with Crippen LogP contribution in [0, 0.1) is 11.3 Å². The average Bonchev–Trinajstić information content (AvgIpc) is 2.54. The van der Waals surface area contributed by atoms with Crippen molar-refractivity contribution < 1.29 is 14.2 Å². The van der Waals surface area contributed by atoms with E-state index in [0.717, 1.165) is 10.9 Å². The summed E-state index contributed by atoms with van der Waals surface area (Å²) in [5.41, 5.74) is 2.21. The zero-order valence-corrected chi connectivity index (χ0v) is 16.3. The maximum absolute atomic E-state index is 6.28. The van der Waals surface area contributed by atoms with Gasteiger partial charge in [0.25, 0.3) is 0 Å². The lowest BCUT2D eigenvalue weighted by atomic mass is 9.80. The Morgan fingerprint density at radius 1 is 1.18 bits per heavy atom. The van der Waals surface area contributed by atoms with Gasteiger partial charge in [-0.25, -0.2) is 0 Å². The minimum Gasteiger partial charge on any atom is -0.323 e. The molecule has 0 amide bonds. The van der Waals surface area contributed by atoms with Crippen LogP contribution in [0.2, 0.25) is 0 Å². The number of alkyl halides is 2. The Balaban J connectivity index is 1.86. The molecule has 3 saturated heterocycles. The third-order valence-electron chi connectivity index (χ3n) is 4.30. The highest BCUT2D eigenvalue weighted by atomic mass is 79.9. The molecular formula is C17H22Br2O3. The Morgan fingerprint density at radius 2 is 1.77 bits per heavy atom. The molecule has 0 radical (unpaired) electrons. The maximum atomic E-state index is 6.28. The molecule has 3 aliphatic heterocycles. The molecule has 0 aromatic heterocycles. The molecule has 0 saturated carbocycles. The number of benzene rings is 1. The molecule has 3 nitrogen and oxygen atoms in total. The molecule has 2 unspecified atom stereocenters. The molecule has 3 aliphatic rings. The predicted octanol–water partition coefficient (Wildman–Crippen LogP) is 4.74. The molecule has 0 N–H and O–H groups in total. The monoisotopic (exact) mass is 432 g/mol. The number of rotatable bonds is 3. The minimum absolute atomic E-state index is 0.0698. The summed E-state index contributed by atoms with van der Waals surface area (Å²) in [6, 6.07) is 8.26. The summed E-state index contributed by atoms with van der Waals surface area (Å²) in [6.45, 7) is 8.00. The van der Waals surface area contributed by atoms with Crippen molar-refractivity contribution in [2.24, 2.45) is 11.3 Å². The summed E-state index contributed by atoms with van der Waals surface area (Å²) >= 11 is 7.12. The number of hydrogen-bond donors (Lipinski definition) is 0. The summed E-state index contributed by atoms with van der Waals surface area (Å²) in [5.74, 6) is -0.733. The number of hydrogen-bond acceptors (Lipinski definition) is 3. The predicted molar refractivity (Wildman–Crippen MR) is 93.3 cm³/mol. The van der Waals surface area contributed by atoms with Gasteiger partial charge in [-0.15, -0.1) is 0 Å². The van der Waals surface area contributed by atoms with Gasteiger partial charge in [-0.3, -0.25) is 0 Å². The van der Waals surface area contributed by atoms with E-state index in [-0.39, 0.29) is 11.5 Å². The van der Waals surface area contributed by atoms with Gasteiger partial charge in [-0.2, -0.15) is 0 Å². The van der Waals surface area contributed by atoms with E-state index in [9.17, 15) is 0 Å². The van der Waals surface area contributed by atoms with E-state index >= 15 is 0 Å². The minimum atomic E-state index is -1.04. The van der Waals surface area contributed by atoms with Crippen LogP contribution in [0.4, 0.5) is 0 Å². The van der Waals surface area contributed by atoms with Crippen LogP contribution < -0.4 is 0 Å². The van der Waals surface area contributed by atoms with Crippen LogP contribution in [0.1, 0.15) is 36.7 Å². The van der Waals surface area contributed by atoms with Crippen LogP contribution in [0.15, 0.2) is 24.3 Å². The fourth-order valence-corrected chi connectivity index (χ4v) is 3.81. The molecule has 2 bridgehead atoms. The lowest BCUT2D eigenvalue weighted by Gasteiger charge is -2.53. The van der Waals surface area contributed by atoms with Gasteiger partial charge in [0.15, 0.2) is 0 Å². The van der Waals surface area contributed by atoms with Gasteiger partial charge >= 0.3 is 5.97 Å². The van der Waals surface area contributed by atoms with Gasteiger partial charge < -0.3 is 14.2 Å². The quantitative estimate of drug-likeness (QED) is 0.644. The van der Waals surface area contributed by atoms with Crippen molar-refractivity contribution in [1.29, 1.82) is 0 Å². The molecule has 5 heteroatoms. The van der Waals surface area contributed by atoms with Crippen LogP contribution >= 0.6 is 31.9 Å². The van der Waals surface area contributed by atoms with E-state index in [1.807, 2.05) is 12.1 Å². The Morgan fingerprint density at radius 3 is 2.27 bits per heavy atom. The molecule has 0 spiro atoms. The molecular weight excluding hydrogens is 412 g/mol. The van der Waals surface area contributed by atoms with Crippen LogP contribution in [-0.2, 0) is 20.2 Å². The van der Waals surface area contributed by atoms with Gasteiger partial charge in [0.2, 0.25) is 0 Å². The van der Waals surface area contributed by atoms with Crippen molar-refractivity contribution in [3.05, 3.63) is 35.4 Å². The fraction of sp³-hybridized carbons (Fsp3) is 0.647. The van der Waals surface area contributed by atoms with Crippen molar-refractivity contribution in [2.75, 3.05) is 18.5 Å². The molecule has 1 aromatic rings. The Kier molecular flexibility index (Phi) is 4.74. The number of fused-ring (bicyclic) bond motifs is 3. The first-order valence-corrected chi connectivity index (χ1v) is 9.65. The van der Waals surface area contributed by atoms with E-state index < -0.39 is 5.97 Å². The van der Waals surface area contributed by atoms with Crippen molar-refractivity contribution in [1.82, 2.24) is 0 Å². The summed E-state index contributed by atoms with van der Waals surface area (Å²) in [5, 5.41) is 0.870. The van der Waals surface area contributed by atoms with Crippen molar-refractivity contribution in [2.45, 2.75) is 37.7 Å². The van der Waals surface area contributed by atoms with Crippen LogP contribution in [0.3, 0.4) is 0 Å². The highest BCUT2D eigenvalue weighted by Gasteiger charge is 2.54. The van der Waals surface area contributed by atoms with Gasteiger partial charge in [-0.1, -0.05) is 76.9 Å². The third-order valence-corrected chi connectivity index (χ3v) is 6.67. The number of halogens is 2. The van der Waals surface area contributed by atoms with Gasteiger partial charge in [0.05, 0.1) is 19.3 Å². The first-order valence-electron chi connectivity index (χ1n) is 7.62. The SMILES string of the molecule is CC(C)(C)C1OC2(c3ccc(C(Br)CBr)cc3)OCC1CO2. The highest BCUT2D eigenvalue weighted by molar-refractivity contribution is 9.12. The summed E-state index contributed by atoms with van der Waals surface area (Å²) in [4.78, 5) is 0.297. The van der Waals surface area contributed by atoms with Gasteiger partial charge in [0, 0.05) is 21.6 Å². The second-order valence-electron chi connectivity index (χ2n) is 7.09. The van der Waals surface area contributed by atoms with E-state index in [0.29, 0.717) is 24.0 Å². The molecule has 0 aliphatic carbocycles. The molecule has 1 aromatic carbocycles. The Labute approximate surface area is 149 Å². The highest BCUT2D eigenvalue weighted by Crippen LogP contribution is 2.46. The molecule has 3 heterocycles. The van der Waals surface area contributed by atoms with E-state index in [2.05, 4.69) is 64.8 Å². The molecule has 2 atom stereocenters.